The molecule has 3 aromatic heterocycles. The summed E-state index contributed by atoms with van der Waals surface area (Å²) in [7, 11) is 0. The van der Waals surface area contributed by atoms with Crippen molar-refractivity contribution in [3.63, 3.8) is 0 Å². The van der Waals surface area contributed by atoms with Crippen LogP contribution in [-0.2, 0) is 4.79 Å². The minimum atomic E-state index is -0.225. The van der Waals surface area contributed by atoms with Gasteiger partial charge in [-0.2, -0.15) is 5.26 Å². The lowest BCUT2D eigenvalue weighted by atomic mass is 10.1. The van der Waals surface area contributed by atoms with Gasteiger partial charge in [-0.1, -0.05) is 23.1 Å². The Kier molecular flexibility index (Phi) is 5.10. The predicted octanol–water partition coefficient (Wildman–Crippen LogP) is 2.60. The van der Waals surface area contributed by atoms with E-state index >= 15 is 0 Å². The molecule has 0 aliphatic rings. The summed E-state index contributed by atoms with van der Waals surface area (Å²) in [5.74, 6) is -0.0992. The fraction of sp³-hybridized carbons (Fsp3) is 0.0667. The smallest absolute Gasteiger partial charge is 0.236 e. The molecule has 24 heavy (non-hydrogen) atoms. The van der Waals surface area contributed by atoms with Crippen molar-refractivity contribution in [3.8, 4) is 17.3 Å². The van der Waals surface area contributed by atoms with Gasteiger partial charge in [0.25, 0.3) is 0 Å². The van der Waals surface area contributed by atoms with Crippen LogP contribution in [0.3, 0.4) is 0 Å². The van der Waals surface area contributed by atoms with Crippen LogP contribution in [0.1, 0.15) is 5.56 Å². The first-order valence-electron chi connectivity index (χ1n) is 6.76. The lowest BCUT2D eigenvalue weighted by molar-refractivity contribution is -0.113. The Balaban J connectivity index is 1.74. The van der Waals surface area contributed by atoms with Crippen molar-refractivity contribution >= 4 is 34.1 Å². The third-order valence-corrected chi connectivity index (χ3v) is 4.50. The number of hydrogen-bond donors (Lipinski definition) is 1. The monoisotopic (exact) mass is 354 g/mol. The fourth-order valence-electron chi connectivity index (χ4n) is 1.84. The second-order valence-corrected chi connectivity index (χ2v) is 6.27. The summed E-state index contributed by atoms with van der Waals surface area (Å²) < 4.78 is 0. The summed E-state index contributed by atoms with van der Waals surface area (Å²) in [4.78, 5) is 20.4. The standard InChI is InChI=1S/C15H10N6OS2/c16-7-11-1-2-12(10-3-5-17-6-4-10)19-14(11)23-8-13(22)20-15-21-18-9-24-15/h1-6,9H,8H2,(H,20,21,22). The fourth-order valence-corrected chi connectivity index (χ4v) is 3.07. The Morgan fingerprint density at radius 2 is 2.12 bits per heavy atom. The van der Waals surface area contributed by atoms with Crippen molar-refractivity contribution < 1.29 is 4.79 Å². The molecule has 3 aromatic rings. The number of aromatic nitrogens is 4. The van der Waals surface area contributed by atoms with Gasteiger partial charge in [0.1, 0.15) is 16.6 Å². The number of thioether (sulfide) groups is 1. The Morgan fingerprint density at radius 3 is 2.83 bits per heavy atom. The molecule has 0 aromatic carbocycles. The van der Waals surface area contributed by atoms with Crippen LogP contribution >= 0.6 is 23.1 Å². The highest BCUT2D eigenvalue weighted by Gasteiger charge is 2.11. The topological polar surface area (TPSA) is 104 Å². The normalized spacial score (nSPS) is 10.1. The number of carbonyl (C=O) groups is 1. The highest BCUT2D eigenvalue weighted by molar-refractivity contribution is 8.00. The van der Waals surface area contributed by atoms with E-state index in [1.165, 1.54) is 28.6 Å². The van der Waals surface area contributed by atoms with Gasteiger partial charge in [0.2, 0.25) is 11.0 Å². The summed E-state index contributed by atoms with van der Waals surface area (Å²) in [6.45, 7) is 0. The molecule has 0 bridgehead atoms. The second kappa shape index (κ2) is 7.63. The molecular weight excluding hydrogens is 344 g/mol. The lowest BCUT2D eigenvalue weighted by Gasteiger charge is -2.06. The van der Waals surface area contributed by atoms with E-state index in [9.17, 15) is 10.1 Å². The van der Waals surface area contributed by atoms with E-state index < -0.39 is 0 Å². The number of carbonyl (C=O) groups excluding carboxylic acids is 1. The van der Waals surface area contributed by atoms with Crippen molar-refractivity contribution in [3.05, 3.63) is 47.7 Å². The maximum atomic E-state index is 11.9. The average Bonchev–Trinajstić information content (AvgIpc) is 3.13. The van der Waals surface area contributed by atoms with E-state index in [-0.39, 0.29) is 11.7 Å². The molecular formula is C15H10N6OS2. The van der Waals surface area contributed by atoms with Crippen LogP contribution in [0.4, 0.5) is 5.13 Å². The van der Waals surface area contributed by atoms with Gasteiger partial charge >= 0.3 is 0 Å². The Bertz CT molecular complexity index is 877. The van der Waals surface area contributed by atoms with Crippen LogP contribution in [0.2, 0.25) is 0 Å². The molecule has 9 heteroatoms. The number of pyridine rings is 2. The quantitative estimate of drug-likeness (QED) is 0.702. The second-order valence-electron chi connectivity index (χ2n) is 4.48. The van der Waals surface area contributed by atoms with Crippen molar-refractivity contribution in [2.24, 2.45) is 0 Å². The maximum Gasteiger partial charge on any atom is 0.236 e. The van der Waals surface area contributed by atoms with Crippen LogP contribution in [-0.4, -0.2) is 31.8 Å². The largest absolute Gasteiger partial charge is 0.300 e. The number of hydrogen-bond acceptors (Lipinski definition) is 8. The van der Waals surface area contributed by atoms with Gasteiger partial charge in [0.15, 0.2) is 0 Å². The van der Waals surface area contributed by atoms with Crippen LogP contribution in [0, 0.1) is 11.3 Å². The zero-order valence-electron chi connectivity index (χ0n) is 12.2. The van der Waals surface area contributed by atoms with Gasteiger partial charge in [0, 0.05) is 18.0 Å². The minimum Gasteiger partial charge on any atom is -0.300 e. The molecule has 0 unspecified atom stereocenters. The first-order chi connectivity index (χ1) is 11.8. The molecule has 118 valence electrons. The summed E-state index contributed by atoms with van der Waals surface area (Å²) in [5, 5.41) is 20.2. The van der Waals surface area contributed by atoms with Crippen molar-refractivity contribution in [1.29, 1.82) is 5.26 Å². The van der Waals surface area contributed by atoms with E-state index in [2.05, 4.69) is 31.6 Å². The molecule has 0 atom stereocenters. The van der Waals surface area contributed by atoms with Crippen LogP contribution in [0.15, 0.2) is 47.2 Å². The molecule has 0 spiro atoms. The van der Waals surface area contributed by atoms with Crippen LogP contribution < -0.4 is 5.32 Å². The summed E-state index contributed by atoms with van der Waals surface area (Å²) in [6, 6.07) is 9.25. The van der Waals surface area contributed by atoms with E-state index in [1.807, 2.05) is 12.1 Å². The number of rotatable bonds is 5. The first-order valence-corrected chi connectivity index (χ1v) is 8.63. The summed E-state index contributed by atoms with van der Waals surface area (Å²) in [6.07, 6.45) is 3.36. The number of nitrogens with zero attached hydrogens (tertiary/aromatic N) is 5. The van der Waals surface area contributed by atoms with Gasteiger partial charge in [0.05, 0.1) is 17.0 Å². The summed E-state index contributed by atoms with van der Waals surface area (Å²) >= 11 is 2.45. The Hall–Kier alpha value is -2.83. The first kappa shape index (κ1) is 16.0. The van der Waals surface area contributed by atoms with Gasteiger partial charge in [-0.15, -0.1) is 10.2 Å². The molecule has 3 heterocycles. The highest BCUT2D eigenvalue weighted by atomic mass is 32.2. The molecule has 0 saturated carbocycles. The van der Waals surface area contributed by atoms with E-state index in [0.29, 0.717) is 15.7 Å². The third-order valence-electron chi connectivity index (χ3n) is 2.90. The Labute approximate surface area is 145 Å². The van der Waals surface area contributed by atoms with E-state index in [0.717, 1.165) is 11.3 Å². The number of amides is 1. The van der Waals surface area contributed by atoms with Gasteiger partial charge in [-0.05, 0) is 24.3 Å². The molecule has 0 aliphatic carbocycles. The lowest BCUT2D eigenvalue weighted by Crippen LogP contribution is -2.14. The van der Waals surface area contributed by atoms with Crippen molar-refractivity contribution in [2.45, 2.75) is 5.03 Å². The molecule has 3 rings (SSSR count). The third kappa shape index (κ3) is 3.92. The zero-order chi connectivity index (χ0) is 16.8. The van der Waals surface area contributed by atoms with Gasteiger partial charge < -0.3 is 0 Å². The number of anilines is 1. The van der Waals surface area contributed by atoms with Gasteiger partial charge in [-0.3, -0.25) is 15.1 Å². The molecule has 1 amide bonds. The molecule has 1 N–H and O–H groups in total. The predicted molar refractivity (Wildman–Crippen MR) is 91.4 cm³/mol. The van der Waals surface area contributed by atoms with E-state index in [1.54, 1.807) is 24.5 Å². The van der Waals surface area contributed by atoms with Crippen molar-refractivity contribution in [2.75, 3.05) is 11.1 Å². The van der Waals surface area contributed by atoms with Crippen molar-refractivity contribution in [1.82, 2.24) is 20.2 Å². The summed E-state index contributed by atoms with van der Waals surface area (Å²) in [5.41, 5.74) is 3.59. The zero-order valence-corrected chi connectivity index (χ0v) is 13.8. The maximum absolute atomic E-state index is 11.9. The van der Waals surface area contributed by atoms with Gasteiger partial charge in [-0.25, -0.2) is 4.98 Å². The Morgan fingerprint density at radius 1 is 1.29 bits per heavy atom. The molecule has 0 radical (unpaired) electrons. The molecule has 0 saturated heterocycles. The molecule has 0 aliphatic heterocycles. The average molecular weight is 354 g/mol. The number of nitriles is 1. The minimum absolute atomic E-state index is 0.126. The highest BCUT2D eigenvalue weighted by Crippen LogP contribution is 2.25. The number of nitrogens with one attached hydrogen (secondary N) is 1. The van der Waals surface area contributed by atoms with Crippen LogP contribution in [0.5, 0.6) is 0 Å². The van der Waals surface area contributed by atoms with Crippen LogP contribution in [0.25, 0.3) is 11.3 Å². The molecule has 7 nitrogen and oxygen atoms in total. The van der Waals surface area contributed by atoms with E-state index in [4.69, 9.17) is 0 Å². The SMILES string of the molecule is N#Cc1ccc(-c2ccncc2)nc1SCC(=O)Nc1nncs1. The molecule has 0 fully saturated rings.